The van der Waals surface area contributed by atoms with Gasteiger partial charge in [0, 0.05) is 0 Å². The summed E-state index contributed by atoms with van der Waals surface area (Å²) in [6, 6.07) is 11.0. The molecule has 0 aliphatic rings. The molecule has 0 aliphatic heterocycles. The minimum Gasteiger partial charge on any atom is -0.504 e. The molecule has 1 heterocycles. The van der Waals surface area contributed by atoms with Crippen LogP contribution in [0.2, 0.25) is 0 Å². The Morgan fingerprint density at radius 2 is 1.57 bits per heavy atom. The van der Waals surface area contributed by atoms with E-state index in [9.17, 15) is 31.9 Å². The van der Waals surface area contributed by atoms with Gasteiger partial charge in [-0.2, -0.15) is 13.2 Å². The number of rotatable bonds is 7. The van der Waals surface area contributed by atoms with Gasteiger partial charge in [0.2, 0.25) is 11.3 Å². The number of Topliss-reactive ketones (excluding diaryl/α,β-unsaturated/α-hetero) is 1. The number of aromatic nitrogens is 1. The summed E-state index contributed by atoms with van der Waals surface area (Å²) in [4.78, 5) is 15.8. The number of oxazole rings is 1. The maximum atomic E-state index is 13.6. The Balaban J connectivity index is 1.86. The fourth-order valence-electron chi connectivity index (χ4n) is 4.23. The van der Waals surface area contributed by atoms with Crippen molar-refractivity contribution in [3.63, 3.8) is 0 Å². The van der Waals surface area contributed by atoms with E-state index in [1.165, 1.54) is 43.3 Å². The standard InChI is InChI=1S/C27H22F5NO4/c1-13(16-4-8-18(28)9-5-16)12-20(17-6-10-19(29)11-7-17)36-25-23(35)21(15(3)34)14(2)22-24(25)37-26(33-22)27(30,31)32/h4-11,13,20,35H,12H2,1-3H3. The summed E-state index contributed by atoms with van der Waals surface area (Å²) in [6.07, 6.45) is -5.67. The monoisotopic (exact) mass is 519 g/mol. The van der Waals surface area contributed by atoms with Gasteiger partial charge in [0.15, 0.2) is 11.5 Å². The average Bonchev–Trinajstić information content (AvgIpc) is 3.28. The minimum atomic E-state index is -4.93. The number of carbonyl (C=O) groups is 1. The van der Waals surface area contributed by atoms with Crippen LogP contribution in [0.1, 0.15) is 65.2 Å². The SMILES string of the molecule is CC(=O)c1c(O)c(OC(CC(C)c2ccc(F)cc2)c2ccc(F)cc2)c2oc(C(F)(F)F)nc2c1C. The van der Waals surface area contributed by atoms with Gasteiger partial charge in [-0.25, -0.2) is 13.8 Å². The van der Waals surface area contributed by atoms with Crippen molar-refractivity contribution in [3.8, 4) is 11.5 Å². The zero-order valence-electron chi connectivity index (χ0n) is 20.0. The third-order valence-corrected chi connectivity index (χ3v) is 6.12. The van der Waals surface area contributed by atoms with Gasteiger partial charge in [0.05, 0.1) is 5.56 Å². The highest BCUT2D eigenvalue weighted by molar-refractivity contribution is 6.04. The third-order valence-electron chi connectivity index (χ3n) is 6.12. The Morgan fingerprint density at radius 1 is 1.03 bits per heavy atom. The number of benzene rings is 3. The maximum absolute atomic E-state index is 13.6. The first-order valence-electron chi connectivity index (χ1n) is 11.3. The topological polar surface area (TPSA) is 72.6 Å². The summed E-state index contributed by atoms with van der Waals surface area (Å²) < 4.78 is 78.3. The molecule has 37 heavy (non-hydrogen) atoms. The van der Waals surface area contributed by atoms with Crippen molar-refractivity contribution in [1.29, 1.82) is 0 Å². The van der Waals surface area contributed by atoms with E-state index < -0.39 is 52.7 Å². The number of aryl methyl sites for hydroxylation is 1. The molecule has 0 aliphatic carbocycles. The Hall–Kier alpha value is -3.95. The number of fused-ring (bicyclic) bond motifs is 1. The molecular formula is C27H22F5NO4. The number of nitrogens with zero attached hydrogens (tertiary/aromatic N) is 1. The van der Waals surface area contributed by atoms with Gasteiger partial charge in [0.25, 0.3) is 0 Å². The van der Waals surface area contributed by atoms with Crippen molar-refractivity contribution < 1.29 is 41.0 Å². The molecule has 0 saturated heterocycles. The van der Waals surface area contributed by atoms with Gasteiger partial charge in [-0.3, -0.25) is 4.79 Å². The van der Waals surface area contributed by atoms with Gasteiger partial charge in [-0.05, 0) is 67.1 Å². The van der Waals surface area contributed by atoms with Crippen LogP contribution in [0, 0.1) is 18.6 Å². The molecule has 0 bridgehead atoms. The molecule has 1 aromatic heterocycles. The molecule has 10 heteroatoms. The number of aromatic hydroxyl groups is 1. The van der Waals surface area contributed by atoms with E-state index in [0.717, 1.165) is 12.5 Å². The second-order valence-electron chi connectivity index (χ2n) is 8.77. The van der Waals surface area contributed by atoms with Gasteiger partial charge >= 0.3 is 12.1 Å². The lowest BCUT2D eigenvalue weighted by Gasteiger charge is -2.24. The third kappa shape index (κ3) is 5.28. The number of alkyl halides is 3. The van der Waals surface area contributed by atoms with Crippen LogP contribution in [0.4, 0.5) is 22.0 Å². The Labute approximate surface area is 208 Å². The summed E-state index contributed by atoms with van der Waals surface area (Å²) in [6.45, 7) is 4.32. The first kappa shape index (κ1) is 26.1. The fourth-order valence-corrected chi connectivity index (χ4v) is 4.23. The van der Waals surface area contributed by atoms with Crippen molar-refractivity contribution in [2.75, 3.05) is 0 Å². The van der Waals surface area contributed by atoms with Crippen LogP contribution in [0.3, 0.4) is 0 Å². The normalized spacial score (nSPS) is 13.5. The number of ether oxygens (including phenoxy) is 1. The maximum Gasteiger partial charge on any atom is 0.468 e. The number of halogens is 5. The molecule has 2 unspecified atom stereocenters. The molecule has 4 aromatic rings. The van der Waals surface area contributed by atoms with E-state index in [-0.39, 0.29) is 29.0 Å². The number of hydrogen-bond donors (Lipinski definition) is 1. The van der Waals surface area contributed by atoms with Crippen LogP contribution in [-0.4, -0.2) is 15.9 Å². The molecule has 5 nitrogen and oxygen atoms in total. The summed E-state index contributed by atoms with van der Waals surface area (Å²) in [5, 5.41) is 11.0. The van der Waals surface area contributed by atoms with E-state index in [1.807, 2.05) is 6.92 Å². The van der Waals surface area contributed by atoms with Crippen LogP contribution in [0.15, 0.2) is 52.9 Å². The molecule has 0 amide bonds. The molecule has 2 atom stereocenters. The average molecular weight is 519 g/mol. The molecule has 3 aromatic carbocycles. The summed E-state index contributed by atoms with van der Waals surface area (Å²) >= 11 is 0. The number of hydrogen-bond acceptors (Lipinski definition) is 5. The number of phenols is 1. The van der Waals surface area contributed by atoms with Crippen molar-refractivity contribution >= 4 is 16.9 Å². The summed E-state index contributed by atoms with van der Waals surface area (Å²) in [5.74, 6) is -4.55. The Kier molecular flexibility index (Phi) is 6.94. The van der Waals surface area contributed by atoms with Crippen LogP contribution >= 0.6 is 0 Å². The second-order valence-corrected chi connectivity index (χ2v) is 8.77. The summed E-state index contributed by atoms with van der Waals surface area (Å²) in [5.41, 5.74) is 0.185. The van der Waals surface area contributed by atoms with E-state index in [0.29, 0.717) is 5.56 Å². The molecular weight excluding hydrogens is 497 g/mol. The zero-order valence-corrected chi connectivity index (χ0v) is 20.0. The van der Waals surface area contributed by atoms with E-state index in [2.05, 4.69) is 4.98 Å². The van der Waals surface area contributed by atoms with Gasteiger partial charge in [-0.1, -0.05) is 31.2 Å². The molecule has 0 saturated carbocycles. The van der Waals surface area contributed by atoms with Gasteiger partial charge < -0.3 is 14.3 Å². The largest absolute Gasteiger partial charge is 0.504 e. The predicted octanol–water partition coefficient (Wildman–Crippen LogP) is 7.66. The molecule has 194 valence electrons. The van der Waals surface area contributed by atoms with Crippen molar-refractivity contribution in [2.45, 2.75) is 45.4 Å². The number of carbonyl (C=O) groups excluding carboxylic acids is 1. The Bertz CT molecular complexity index is 1440. The van der Waals surface area contributed by atoms with Crippen molar-refractivity contribution in [3.05, 3.63) is 88.3 Å². The Morgan fingerprint density at radius 3 is 2.08 bits per heavy atom. The number of phenolic OH excluding ortho intramolecular Hbond substituents is 1. The lowest BCUT2D eigenvalue weighted by Crippen LogP contribution is -2.13. The van der Waals surface area contributed by atoms with Crippen LogP contribution < -0.4 is 4.74 Å². The van der Waals surface area contributed by atoms with Gasteiger partial charge in [0.1, 0.15) is 23.3 Å². The lowest BCUT2D eigenvalue weighted by atomic mass is 9.92. The quantitative estimate of drug-likeness (QED) is 0.201. The zero-order chi connectivity index (χ0) is 27.1. The first-order valence-corrected chi connectivity index (χ1v) is 11.3. The highest BCUT2D eigenvalue weighted by Gasteiger charge is 2.39. The van der Waals surface area contributed by atoms with Gasteiger partial charge in [-0.15, -0.1) is 0 Å². The molecule has 1 N–H and O–H groups in total. The van der Waals surface area contributed by atoms with E-state index >= 15 is 0 Å². The van der Waals surface area contributed by atoms with E-state index in [1.54, 1.807) is 12.1 Å². The highest BCUT2D eigenvalue weighted by atomic mass is 19.4. The smallest absolute Gasteiger partial charge is 0.468 e. The van der Waals surface area contributed by atoms with Crippen LogP contribution in [-0.2, 0) is 6.18 Å². The van der Waals surface area contributed by atoms with Crippen LogP contribution in [0.25, 0.3) is 11.1 Å². The molecule has 0 radical (unpaired) electrons. The molecule has 4 rings (SSSR count). The predicted molar refractivity (Wildman–Crippen MR) is 125 cm³/mol. The fraction of sp³-hybridized carbons (Fsp3) is 0.259. The minimum absolute atomic E-state index is 0.00427. The second kappa shape index (κ2) is 9.84. The highest BCUT2D eigenvalue weighted by Crippen LogP contribution is 2.46. The summed E-state index contributed by atoms with van der Waals surface area (Å²) in [7, 11) is 0. The molecule has 0 spiro atoms. The van der Waals surface area contributed by atoms with Crippen LogP contribution in [0.5, 0.6) is 11.5 Å². The van der Waals surface area contributed by atoms with Crippen molar-refractivity contribution in [2.24, 2.45) is 0 Å². The van der Waals surface area contributed by atoms with E-state index in [4.69, 9.17) is 9.15 Å². The first-order chi connectivity index (χ1) is 17.4. The van der Waals surface area contributed by atoms with Crippen molar-refractivity contribution in [1.82, 2.24) is 4.98 Å². The number of ketones is 1. The lowest BCUT2D eigenvalue weighted by molar-refractivity contribution is -0.156. The molecule has 0 fully saturated rings.